The van der Waals surface area contributed by atoms with Crippen molar-refractivity contribution in [1.29, 1.82) is 0 Å². The standard InChI is InChI=1S/C38H60N6O6/c1-12-16-25(30(46)33(48)40-21-26(45)42-28(34(49)43(10)11)23-17-14-13-15-18-23)41-32(47)29-27-24(38(27,8)9)22-44(29)35(50)31(37(5,6)7)39-20-19-36(2,3)4/h13-15,17-18,24-25,27-29,31,39H,12,16,19-22H2,1-11H3,(H,40,48)(H,41,47)(H,42,45)/t24-,25?,27-,28+,29+,31?/m1/s1. The van der Waals surface area contributed by atoms with E-state index in [0.29, 0.717) is 25.1 Å². The maximum atomic E-state index is 14.2. The van der Waals surface area contributed by atoms with E-state index in [-0.39, 0.29) is 40.9 Å². The molecule has 1 aromatic carbocycles. The predicted molar refractivity (Wildman–Crippen MR) is 192 cm³/mol. The largest absolute Gasteiger partial charge is 0.347 e. The summed E-state index contributed by atoms with van der Waals surface area (Å²) in [7, 11) is 3.15. The van der Waals surface area contributed by atoms with Gasteiger partial charge in [-0.2, -0.15) is 0 Å². The molecule has 4 N–H and O–H groups in total. The lowest BCUT2D eigenvalue weighted by molar-refractivity contribution is -0.145. The van der Waals surface area contributed by atoms with Gasteiger partial charge in [-0.3, -0.25) is 28.8 Å². The van der Waals surface area contributed by atoms with E-state index in [1.807, 2.05) is 27.7 Å². The number of carbonyl (C=O) groups excluding carboxylic acids is 6. The van der Waals surface area contributed by atoms with Crippen LogP contribution >= 0.6 is 0 Å². The molecule has 1 saturated heterocycles. The van der Waals surface area contributed by atoms with Gasteiger partial charge in [-0.1, -0.05) is 99.1 Å². The number of hydrogen-bond donors (Lipinski definition) is 4. The van der Waals surface area contributed by atoms with Gasteiger partial charge in [0.15, 0.2) is 0 Å². The number of ketones is 1. The van der Waals surface area contributed by atoms with Crippen LogP contribution in [0.2, 0.25) is 0 Å². The first-order valence-electron chi connectivity index (χ1n) is 17.8. The van der Waals surface area contributed by atoms with E-state index in [2.05, 4.69) is 55.9 Å². The molecule has 1 saturated carbocycles. The highest BCUT2D eigenvalue weighted by molar-refractivity contribution is 6.38. The summed E-state index contributed by atoms with van der Waals surface area (Å²) in [6, 6.07) is 5.31. The molecule has 12 heteroatoms. The van der Waals surface area contributed by atoms with Crippen LogP contribution in [0.4, 0.5) is 0 Å². The smallest absolute Gasteiger partial charge is 0.290 e. The average Bonchev–Trinajstić information content (AvgIpc) is 3.33. The first-order valence-corrected chi connectivity index (χ1v) is 17.8. The second-order valence-electron chi connectivity index (χ2n) is 17.0. The molecule has 0 aromatic heterocycles. The molecule has 1 aromatic rings. The van der Waals surface area contributed by atoms with Gasteiger partial charge in [0.1, 0.15) is 12.1 Å². The molecule has 2 unspecified atom stereocenters. The van der Waals surface area contributed by atoms with Crippen LogP contribution in [0.25, 0.3) is 0 Å². The van der Waals surface area contributed by atoms with Crippen LogP contribution in [0, 0.1) is 28.1 Å². The zero-order chi connectivity index (χ0) is 37.8. The van der Waals surface area contributed by atoms with Crippen LogP contribution < -0.4 is 21.3 Å². The Morgan fingerprint density at radius 2 is 1.58 bits per heavy atom. The Bertz CT molecular complexity index is 1410. The van der Waals surface area contributed by atoms with Crippen LogP contribution in [0.1, 0.15) is 93.2 Å². The van der Waals surface area contributed by atoms with Gasteiger partial charge in [-0.05, 0) is 53.0 Å². The summed E-state index contributed by atoms with van der Waals surface area (Å²) in [5.41, 5.74) is 0.107. The summed E-state index contributed by atoms with van der Waals surface area (Å²) >= 11 is 0. The lowest BCUT2D eigenvalue weighted by atomic mass is 9.84. The van der Waals surface area contributed by atoms with E-state index in [1.165, 1.54) is 4.90 Å². The predicted octanol–water partition coefficient (Wildman–Crippen LogP) is 2.83. The number of nitrogens with one attached hydrogen (secondary N) is 4. The monoisotopic (exact) mass is 696 g/mol. The molecule has 278 valence electrons. The molecule has 2 aliphatic rings. The molecular weight excluding hydrogens is 636 g/mol. The van der Waals surface area contributed by atoms with Crippen LogP contribution in [0.15, 0.2) is 30.3 Å². The number of likely N-dealkylation sites (N-methyl/N-ethyl adjacent to an activating group) is 1. The summed E-state index contributed by atoms with van der Waals surface area (Å²) in [4.78, 5) is 83.3. The maximum absolute atomic E-state index is 14.2. The molecule has 0 radical (unpaired) electrons. The van der Waals surface area contributed by atoms with Crippen molar-refractivity contribution in [2.24, 2.45) is 28.1 Å². The lowest BCUT2D eigenvalue weighted by Crippen LogP contribution is -2.60. The molecule has 1 aliphatic carbocycles. The van der Waals surface area contributed by atoms with Crippen LogP contribution in [0.3, 0.4) is 0 Å². The second kappa shape index (κ2) is 16.0. The fourth-order valence-corrected chi connectivity index (χ4v) is 6.96. The molecule has 1 aliphatic heterocycles. The van der Waals surface area contributed by atoms with Crippen molar-refractivity contribution >= 4 is 35.3 Å². The Balaban J connectivity index is 1.71. The van der Waals surface area contributed by atoms with Crippen LogP contribution in [0.5, 0.6) is 0 Å². The number of fused-ring (bicyclic) bond motifs is 1. The zero-order valence-electron chi connectivity index (χ0n) is 31.9. The Morgan fingerprint density at radius 1 is 0.960 bits per heavy atom. The van der Waals surface area contributed by atoms with E-state index in [0.717, 1.165) is 6.42 Å². The Kier molecular flexibility index (Phi) is 13.0. The Hall–Kier alpha value is -3.80. The molecule has 12 nitrogen and oxygen atoms in total. The molecule has 0 bridgehead atoms. The number of hydrogen-bond acceptors (Lipinski definition) is 7. The summed E-state index contributed by atoms with van der Waals surface area (Å²) < 4.78 is 0. The van der Waals surface area contributed by atoms with E-state index in [9.17, 15) is 28.8 Å². The van der Waals surface area contributed by atoms with Gasteiger partial charge in [0, 0.05) is 20.6 Å². The summed E-state index contributed by atoms with van der Waals surface area (Å²) in [6.45, 7) is 19.1. The molecule has 2 fully saturated rings. The van der Waals surface area contributed by atoms with Crippen LogP contribution in [-0.4, -0.2) is 97.0 Å². The lowest BCUT2D eigenvalue weighted by Gasteiger charge is -2.38. The minimum atomic E-state index is -1.14. The third-order valence-electron chi connectivity index (χ3n) is 10.1. The first-order chi connectivity index (χ1) is 23.1. The summed E-state index contributed by atoms with van der Waals surface area (Å²) in [5, 5.41) is 11.3. The second-order valence-corrected chi connectivity index (χ2v) is 17.0. The SMILES string of the molecule is CCCC(NC(=O)[C@@H]1[C@H]2[C@@H](CN1C(=O)C(NCCC(C)(C)C)C(C)(C)C)C2(C)C)C(=O)C(=O)NCC(=O)N[C@H](C(=O)N(C)C)c1ccccc1. The molecule has 0 spiro atoms. The number of amides is 5. The maximum Gasteiger partial charge on any atom is 0.290 e. The van der Waals surface area contributed by atoms with Gasteiger partial charge in [-0.15, -0.1) is 0 Å². The Labute approximate surface area is 298 Å². The van der Waals surface area contributed by atoms with E-state index in [4.69, 9.17) is 0 Å². The van der Waals surface area contributed by atoms with Crippen molar-refractivity contribution < 1.29 is 28.8 Å². The molecule has 1 heterocycles. The normalized spacial score (nSPS) is 21.3. The fraction of sp³-hybridized carbons (Fsp3) is 0.684. The number of nitrogens with zero attached hydrogens (tertiary/aromatic N) is 2. The van der Waals surface area contributed by atoms with Gasteiger partial charge in [0.25, 0.3) is 5.91 Å². The summed E-state index contributed by atoms with van der Waals surface area (Å²) in [6.07, 6.45) is 1.58. The van der Waals surface area contributed by atoms with Crippen molar-refractivity contribution in [2.45, 2.75) is 106 Å². The third-order valence-corrected chi connectivity index (χ3v) is 10.1. The topological polar surface area (TPSA) is 157 Å². The van der Waals surface area contributed by atoms with E-state index < -0.39 is 59.6 Å². The first kappa shape index (κ1) is 40.6. The number of carbonyl (C=O) groups is 6. The van der Waals surface area contributed by atoms with Crippen LogP contribution in [-0.2, 0) is 28.8 Å². The van der Waals surface area contributed by atoms with Crippen molar-refractivity contribution in [3.63, 3.8) is 0 Å². The molecule has 3 rings (SSSR count). The highest BCUT2D eigenvalue weighted by Gasteiger charge is 2.69. The minimum absolute atomic E-state index is 0.0704. The number of piperidine rings is 1. The van der Waals surface area contributed by atoms with Gasteiger partial charge in [0.2, 0.25) is 29.4 Å². The highest BCUT2D eigenvalue weighted by atomic mass is 16.2. The fourth-order valence-electron chi connectivity index (χ4n) is 6.96. The van der Waals surface area contributed by atoms with Crippen molar-refractivity contribution in [1.82, 2.24) is 31.1 Å². The van der Waals surface area contributed by atoms with Crippen molar-refractivity contribution in [2.75, 3.05) is 33.7 Å². The minimum Gasteiger partial charge on any atom is -0.347 e. The number of rotatable bonds is 15. The molecular formula is C38H60N6O6. The van der Waals surface area contributed by atoms with Crippen molar-refractivity contribution in [3.05, 3.63) is 35.9 Å². The molecule has 5 amide bonds. The van der Waals surface area contributed by atoms with E-state index in [1.54, 1.807) is 49.3 Å². The van der Waals surface area contributed by atoms with E-state index >= 15 is 0 Å². The van der Waals surface area contributed by atoms with Gasteiger partial charge < -0.3 is 31.1 Å². The summed E-state index contributed by atoms with van der Waals surface area (Å²) in [5.74, 6) is -3.42. The number of benzene rings is 1. The quantitative estimate of drug-likeness (QED) is 0.206. The van der Waals surface area contributed by atoms with Gasteiger partial charge >= 0.3 is 0 Å². The molecule has 50 heavy (non-hydrogen) atoms. The number of likely N-dealkylation sites (tertiary alicyclic amines) is 1. The van der Waals surface area contributed by atoms with Gasteiger partial charge in [-0.25, -0.2) is 0 Å². The number of Topliss-reactive ketones (excluding diaryl/α,β-unsaturated/α-hetero) is 1. The average molecular weight is 697 g/mol. The zero-order valence-corrected chi connectivity index (χ0v) is 31.9. The Morgan fingerprint density at radius 3 is 2.12 bits per heavy atom. The van der Waals surface area contributed by atoms with Crippen molar-refractivity contribution in [3.8, 4) is 0 Å². The molecule has 6 atom stereocenters. The highest BCUT2D eigenvalue weighted by Crippen LogP contribution is 2.65. The third kappa shape index (κ3) is 9.92. The van der Waals surface area contributed by atoms with Gasteiger partial charge in [0.05, 0.1) is 18.6 Å².